The molecule has 0 aromatic carbocycles. The highest BCUT2D eigenvalue weighted by Gasteiger charge is 2.21. The molecule has 24 heavy (non-hydrogen) atoms. The van der Waals surface area contributed by atoms with Gasteiger partial charge in [-0.1, -0.05) is 0 Å². The van der Waals surface area contributed by atoms with Crippen LogP contribution in [0.15, 0.2) is 18.2 Å². The lowest BCUT2D eigenvalue weighted by atomic mass is 10.1. The Balaban J connectivity index is 1.40. The fraction of sp³-hybridized carbons (Fsp3) is 0.467. The summed E-state index contributed by atoms with van der Waals surface area (Å²) < 4.78 is 1.43. The molecule has 0 radical (unpaired) electrons. The topological polar surface area (TPSA) is 97.0 Å². The van der Waals surface area contributed by atoms with E-state index in [9.17, 15) is 0 Å². The number of hydrogen-bond donors (Lipinski definition) is 1. The molecule has 0 saturated carbocycles. The molecule has 1 N–H and O–H groups in total. The first-order chi connectivity index (χ1) is 11.7. The highest BCUT2D eigenvalue weighted by Crippen LogP contribution is 2.20. The first-order valence-electron chi connectivity index (χ1n) is 8.06. The predicted octanol–water partition coefficient (Wildman–Crippen LogP) is 1.01. The summed E-state index contributed by atoms with van der Waals surface area (Å²) in [6.45, 7) is 5.86. The lowest BCUT2D eigenvalue weighted by molar-refractivity contribution is 0.520. The maximum atomic E-state index is 4.55. The van der Waals surface area contributed by atoms with Gasteiger partial charge < -0.3 is 10.2 Å². The van der Waals surface area contributed by atoms with Gasteiger partial charge in [0.1, 0.15) is 17.5 Å². The molecule has 9 heteroatoms. The Morgan fingerprint density at radius 2 is 1.96 bits per heavy atom. The number of anilines is 2. The third-order valence-corrected chi connectivity index (χ3v) is 4.19. The summed E-state index contributed by atoms with van der Waals surface area (Å²) in [7, 11) is 0. The van der Waals surface area contributed by atoms with E-state index in [0.29, 0.717) is 11.7 Å². The summed E-state index contributed by atoms with van der Waals surface area (Å²) in [6, 6.07) is 6.20. The summed E-state index contributed by atoms with van der Waals surface area (Å²) in [5.41, 5.74) is 1.65. The van der Waals surface area contributed by atoms with Gasteiger partial charge in [-0.3, -0.25) is 0 Å². The minimum Gasteiger partial charge on any atom is -0.366 e. The van der Waals surface area contributed by atoms with Gasteiger partial charge in [0.25, 0.3) is 0 Å². The fourth-order valence-corrected chi connectivity index (χ4v) is 3.05. The van der Waals surface area contributed by atoms with Crippen molar-refractivity contribution < 1.29 is 0 Å². The molecule has 3 aromatic heterocycles. The SMILES string of the molecule is Cc1cc(N2CCC(Nc3ccc4nnnn4n3)CC2)nc(C)n1. The van der Waals surface area contributed by atoms with Gasteiger partial charge in [0.05, 0.1) is 0 Å². The Morgan fingerprint density at radius 1 is 1.12 bits per heavy atom. The van der Waals surface area contributed by atoms with Crippen molar-refractivity contribution in [3.63, 3.8) is 0 Å². The zero-order valence-electron chi connectivity index (χ0n) is 13.7. The van der Waals surface area contributed by atoms with Gasteiger partial charge in [-0.05, 0) is 49.2 Å². The van der Waals surface area contributed by atoms with Crippen molar-refractivity contribution in [3.05, 3.63) is 29.7 Å². The van der Waals surface area contributed by atoms with Crippen molar-refractivity contribution in [3.8, 4) is 0 Å². The van der Waals surface area contributed by atoms with Crippen molar-refractivity contribution in [2.45, 2.75) is 32.7 Å². The van der Waals surface area contributed by atoms with Crippen molar-refractivity contribution in [2.24, 2.45) is 0 Å². The summed E-state index contributed by atoms with van der Waals surface area (Å²) in [6.07, 6.45) is 2.05. The summed E-state index contributed by atoms with van der Waals surface area (Å²) in [5, 5.41) is 19.1. The number of piperidine rings is 1. The number of tetrazole rings is 1. The van der Waals surface area contributed by atoms with E-state index in [-0.39, 0.29) is 0 Å². The Kier molecular flexibility index (Phi) is 3.68. The van der Waals surface area contributed by atoms with E-state index >= 15 is 0 Å². The standard InChI is InChI=1S/C15H19N9/c1-10-9-15(17-11(2)16-10)23-7-5-12(6-8-23)18-13-3-4-14-19-21-22-24(14)20-13/h3-4,9,12H,5-8H2,1-2H3,(H,18,20). The van der Waals surface area contributed by atoms with E-state index in [2.05, 4.69) is 40.8 Å². The Bertz CT molecular complexity index is 831. The van der Waals surface area contributed by atoms with Gasteiger partial charge >= 0.3 is 0 Å². The lowest BCUT2D eigenvalue weighted by Crippen LogP contribution is -2.39. The summed E-state index contributed by atoms with van der Waals surface area (Å²) >= 11 is 0. The molecule has 3 aromatic rings. The second-order valence-corrected chi connectivity index (χ2v) is 6.07. The molecule has 0 unspecified atom stereocenters. The molecule has 0 bridgehead atoms. The lowest BCUT2D eigenvalue weighted by Gasteiger charge is -2.33. The van der Waals surface area contributed by atoms with Crippen LogP contribution in [0.5, 0.6) is 0 Å². The fourth-order valence-electron chi connectivity index (χ4n) is 3.05. The molecule has 0 spiro atoms. The molecular formula is C15H19N9. The van der Waals surface area contributed by atoms with E-state index in [4.69, 9.17) is 0 Å². The zero-order chi connectivity index (χ0) is 16.5. The van der Waals surface area contributed by atoms with Crippen molar-refractivity contribution in [2.75, 3.05) is 23.3 Å². The molecule has 4 heterocycles. The first-order valence-corrected chi connectivity index (χ1v) is 8.06. The summed E-state index contributed by atoms with van der Waals surface area (Å²) in [5.74, 6) is 2.64. The Morgan fingerprint density at radius 3 is 2.75 bits per heavy atom. The molecule has 9 nitrogen and oxygen atoms in total. The number of nitrogens with zero attached hydrogens (tertiary/aromatic N) is 8. The van der Waals surface area contributed by atoms with Crippen molar-refractivity contribution in [1.29, 1.82) is 0 Å². The van der Waals surface area contributed by atoms with Crippen LogP contribution in [-0.2, 0) is 0 Å². The van der Waals surface area contributed by atoms with E-state index in [0.717, 1.165) is 49.1 Å². The van der Waals surface area contributed by atoms with Crippen LogP contribution in [0.25, 0.3) is 5.65 Å². The molecule has 0 atom stereocenters. The Hall–Kier alpha value is -2.84. The second-order valence-electron chi connectivity index (χ2n) is 6.07. The minimum atomic E-state index is 0.381. The van der Waals surface area contributed by atoms with Gasteiger partial charge in [-0.2, -0.15) is 0 Å². The first kappa shape index (κ1) is 14.7. The van der Waals surface area contributed by atoms with Gasteiger partial charge in [0.15, 0.2) is 5.65 Å². The molecule has 1 fully saturated rings. The van der Waals surface area contributed by atoms with Crippen LogP contribution in [0, 0.1) is 13.8 Å². The highest BCUT2D eigenvalue weighted by molar-refractivity contribution is 5.44. The molecule has 1 aliphatic heterocycles. The molecule has 4 rings (SSSR count). The van der Waals surface area contributed by atoms with E-state index in [1.54, 1.807) is 0 Å². The average molecular weight is 325 g/mol. The largest absolute Gasteiger partial charge is 0.366 e. The minimum absolute atomic E-state index is 0.381. The van der Waals surface area contributed by atoms with Crippen LogP contribution in [-0.4, -0.2) is 54.4 Å². The third kappa shape index (κ3) is 2.97. The van der Waals surface area contributed by atoms with E-state index in [1.807, 2.05) is 32.0 Å². The van der Waals surface area contributed by atoms with Crippen molar-refractivity contribution >= 4 is 17.3 Å². The maximum absolute atomic E-state index is 4.55. The molecule has 0 amide bonds. The molecule has 124 valence electrons. The van der Waals surface area contributed by atoms with E-state index < -0.39 is 0 Å². The number of aromatic nitrogens is 7. The van der Waals surface area contributed by atoms with Crippen LogP contribution in [0.1, 0.15) is 24.4 Å². The van der Waals surface area contributed by atoms with Gasteiger partial charge in [-0.25, -0.2) is 9.97 Å². The smallest absolute Gasteiger partial charge is 0.200 e. The van der Waals surface area contributed by atoms with Crippen LogP contribution < -0.4 is 10.2 Å². The maximum Gasteiger partial charge on any atom is 0.200 e. The summed E-state index contributed by atoms with van der Waals surface area (Å²) in [4.78, 5) is 11.2. The van der Waals surface area contributed by atoms with Crippen LogP contribution in [0.4, 0.5) is 11.6 Å². The predicted molar refractivity (Wildman–Crippen MR) is 88.9 cm³/mol. The Labute approximate surface area is 139 Å². The molecule has 0 aliphatic carbocycles. The number of hydrogen-bond acceptors (Lipinski definition) is 8. The van der Waals surface area contributed by atoms with Crippen LogP contribution in [0.2, 0.25) is 0 Å². The van der Waals surface area contributed by atoms with Crippen molar-refractivity contribution in [1.82, 2.24) is 35.2 Å². The third-order valence-electron chi connectivity index (χ3n) is 4.19. The normalized spacial score (nSPS) is 15.8. The number of nitrogens with one attached hydrogen (secondary N) is 1. The van der Waals surface area contributed by atoms with Crippen LogP contribution >= 0.6 is 0 Å². The number of rotatable bonds is 3. The molecule has 1 saturated heterocycles. The zero-order valence-corrected chi connectivity index (χ0v) is 13.7. The number of aryl methyl sites for hydroxylation is 2. The van der Waals surface area contributed by atoms with E-state index in [1.165, 1.54) is 4.63 Å². The second kappa shape index (κ2) is 5.99. The van der Waals surface area contributed by atoms with Gasteiger partial charge in [0.2, 0.25) is 0 Å². The highest BCUT2D eigenvalue weighted by atomic mass is 15.6. The quantitative estimate of drug-likeness (QED) is 0.762. The average Bonchev–Trinajstić information content (AvgIpc) is 3.02. The molecule has 1 aliphatic rings. The van der Waals surface area contributed by atoms with Gasteiger partial charge in [0, 0.05) is 30.9 Å². The number of fused-ring (bicyclic) bond motifs is 1. The van der Waals surface area contributed by atoms with Gasteiger partial charge in [-0.15, -0.1) is 14.8 Å². The molecular weight excluding hydrogens is 306 g/mol. The monoisotopic (exact) mass is 325 g/mol. The van der Waals surface area contributed by atoms with Crippen LogP contribution in [0.3, 0.4) is 0 Å².